The molecule has 1 aromatic heterocycles. The van der Waals surface area contributed by atoms with Crippen LogP contribution in [-0.4, -0.2) is 25.1 Å². The zero-order chi connectivity index (χ0) is 11.5. The van der Waals surface area contributed by atoms with Crippen molar-refractivity contribution in [3.8, 4) is 0 Å². The summed E-state index contributed by atoms with van der Waals surface area (Å²) in [5, 5.41) is 3.72. The Bertz CT molecular complexity index is 538. The number of para-hydroxylation sites is 1. The van der Waals surface area contributed by atoms with Crippen LogP contribution in [-0.2, 0) is 4.74 Å². The molecule has 2 aromatic rings. The highest BCUT2D eigenvalue weighted by Gasteiger charge is 2.12. The van der Waals surface area contributed by atoms with Gasteiger partial charge in [-0.15, -0.1) is 0 Å². The molecule has 4 heteroatoms. The second-order valence-electron chi connectivity index (χ2n) is 3.31. The molecular weight excluding hydrogens is 204 g/mol. The molecule has 0 aliphatic rings. The predicted molar refractivity (Wildman–Crippen MR) is 62.6 cm³/mol. The van der Waals surface area contributed by atoms with E-state index >= 15 is 0 Å². The summed E-state index contributed by atoms with van der Waals surface area (Å²) in [5.41, 5.74) is 1.30. The van der Waals surface area contributed by atoms with Crippen LogP contribution in [0.1, 0.15) is 10.4 Å². The van der Waals surface area contributed by atoms with E-state index in [4.69, 9.17) is 4.74 Å². The van der Waals surface area contributed by atoms with E-state index in [1.165, 1.54) is 7.11 Å². The van der Waals surface area contributed by atoms with Crippen molar-refractivity contribution in [3.05, 3.63) is 35.9 Å². The molecule has 0 saturated carbocycles. The van der Waals surface area contributed by atoms with Crippen molar-refractivity contribution in [2.24, 2.45) is 0 Å². The zero-order valence-electron chi connectivity index (χ0n) is 9.15. The molecule has 0 amide bonds. The van der Waals surface area contributed by atoms with Gasteiger partial charge in [-0.05, 0) is 12.1 Å². The van der Waals surface area contributed by atoms with Gasteiger partial charge in [0.25, 0.3) is 0 Å². The summed E-state index contributed by atoms with van der Waals surface area (Å²) in [5.74, 6) is 0.300. The fourth-order valence-corrected chi connectivity index (χ4v) is 1.58. The van der Waals surface area contributed by atoms with Crippen molar-refractivity contribution in [1.29, 1.82) is 0 Å². The Morgan fingerprint density at radius 1 is 1.38 bits per heavy atom. The van der Waals surface area contributed by atoms with Crippen molar-refractivity contribution in [1.82, 2.24) is 4.98 Å². The molecule has 4 nitrogen and oxygen atoms in total. The molecule has 0 fully saturated rings. The van der Waals surface area contributed by atoms with Gasteiger partial charge in [0.1, 0.15) is 5.82 Å². The number of hydrogen-bond donors (Lipinski definition) is 1. The topological polar surface area (TPSA) is 51.2 Å². The maximum absolute atomic E-state index is 11.6. The van der Waals surface area contributed by atoms with Gasteiger partial charge in [0.05, 0.1) is 18.2 Å². The summed E-state index contributed by atoms with van der Waals surface area (Å²) in [7, 11) is 3.13. The van der Waals surface area contributed by atoms with E-state index in [9.17, 15) is 4.79 Å². The number of anilines is 1. The SMILES string of the molecule is CNc1cc(C(=O)OC)c2ccccc2n1. The Kier molecular flexibility index (Phi) is 2.72. The van der Waals surface area contributed by atoms with Gasteiger partial charge in [-0.2, -0.15) is 0 Å². The number of pyridine rings is 1. The Hall–Kier alpha value is -2.10. The van der Waals surface area contributed by atoms with Crippen LogP contribution in [0.25, 0.3) is 10.9 Å². The van der Waals surface area contributed by atoms with Crippen molar-refractivity contribution < 1.29 is 9.53 Å². The van der Waals surface area contributed by atoms with Gasteiger partial charge in [-0.25, -0.2) is 9.78 Å². The molecule has 0 unspecified atom stereocenters. The number of esters is 1. The minimum atomic E-state index is -0.352. The lowest BCUT2D eigenvalue weighted by atomic mass is 10.1. The van der Waals surface area contributed by atoms with Gasteiger partial charge in [0.15, 0.2) is 0 Å². The van der Waals surface area contributed by atoms with Crippen LogP contribution in [0.5, 0.6) is 0 Å². The summed E-state index contributed by atoms with van der Waals surface area (Å²) >= 11 is 0. The van der Waals surface area contributed by atoms with Gasteiger partial charge in [-0.1, -0.05) is 18.2 Å². The molecule has 0 aliphatic carbocycles. The van der Waals surface area contributed by atoms with Gasteiger partial charge in [0.2, 0.25) is 0 Å². The Morgan fingerprint density at radius 3 is 2.81 bits per heavy atom. The Labute approximate surface area is 93.3 Å². The van der Waals surface area contributed by atoms with Crippen LogP contribution in [0.3, 0.4) is 0 Å². The van der Waals surface area contributed by atoms with Crippen LogP contribution in [0.4, 0.5) is 5.82 Å². The Balaban J connectivity index is 2.73. The number of carbonyl (C=O) groups is 1. The number of nitrogens with one attached hydrogen (secondary N) is 1. The summed E-state index contributed by atoms with van der Waals surface area (Å²) in [4.78, 5) is 16.0. The number of ether oxygens (including phenoxy) is 1. The summed E-state index contributed by atoms with van der Waals surface area (Å²) < 4.78 is 4.75. The van der Waals surface area contributed by atoms with E-state index in [-0.39, 0.29) is 5.97 Å². The molecule has 0 atom stereocenters. The second-order valence-corrected chi connectivity index (χ2v) is 3.31. The highest BCUT2D eigenvalue weighted by Crippen LogP contribution is 2.21. The number of fused-ring (bicyclic) bond motifs is 1. The van der Waals surface area contributed by atoms with Gasteiger partial charge >= 0.3 is 5.97 Å². The van der Waals surface area contributed by atoms with E-state index in [0.29, 0.717) is 11.4 Å². The molecule has 0 aliphatic heterocycles. The molecule has 1 aromatic carbocycles. The van der Waals surface area contributed by atoms with E-state index in [2.05, 4.69) is 10.3 Å². The average molecular weight is 216 g/mol. The van der Waals surface area contributed by atoms with E-state index < -0.39 is 0 Å². The highest BCUT2D eigenvalue weighted by molar-refractivity contribution is 6.04. The quantitative estimate of drug-likeness (QED) is 0.781. The predicted octanol–water partition coefficient (Wildman–Crippen LogP) is 2.06. The first-order chi connectivity index (χ1) is 7.76. The fraction of sp³-hybridized carbons (Fsp3) is 0.167. The lowest BCUT2D eigenvalue weighted by molar-refractivity contribution is 0.0603. The van der Waals surface area contributed by atoms with Crippen molar-refractivity contribution in [2.45, 2.75) is 0 Å². The first-order valence-electron chi connectivity index (χ1n) is 4.92. The van der Waals surface area contributed by atoms with E-state index in [0.717, 1.165) is 10.9 Å². The number of hydrogen-bond acceptors (Lipinski definition) is 4. The molecular formula is C12H12N2O2. The first-order valence-corrected chi connectivity index (χ1v) is 4.92. The monoisotopic (exact) mass is 216 g/mol. The normalized spacial score (nSPS) is 10.1. The maximum Gasteiger partial charge on any atom is 0.338 e. The minimum absolute atomic E-state index is 0.352. The molecule has 2 rings (SSSR count). The first kappa shape index (κ1) is 10.4. The molecule has 82 valence electrons. The van der Waals surface area contributed by atoms with Crippen LogP contribution in [0, 0.1) is 0 Å². The maximum atomic E-state index is 11.6. The molecule has 0 saturated heterocycles. The lowest BCUT2D eigenvalue weighted by Gasteiger charge is -2.07. The van der Waals surface area contributed by atoms with Crippen molar-refractivity contribution >= 4 is 22.7 Å². The third-order valence-electron chi connectivity index (χ3n) is 2.38. The summed E-state index contributed by atoms with van der Waals surface area (Å²) in [6, 6.07) is 9.16. The number of carbonyl (C=O) groups excluding carboxylic acids is 1. The fourth-order valence-electron chi connectivity index (χ4n) is 1.58. The second kappa shape index (κ2) is 4.18. The van der Waals surface area contributed by atoms with Gasteiger partial charge in [0, 0.05) is 12.4 Å². The standard InChI is InChI=1S/C12H12N2O2/c1-13-11-7-9(12(15)16-2)8-5-3-4-6-10(8)14-11/h3-7H,1-2H3,(H,13,14). The lowest BCUT2D eigenvalue weighted by Crippen LogP contribution is -2.04. The van der Waals surface area contributed by atoms with Crippen LogP contribution in [0.15, 0.2) is 30.3 Å². The van der Waals surface area contributed by atoms with Crippen LogP contribution < -0.4 is 5.32 Å². The largest absolute Gasteiger partial charge is 0.465 e. The van der Waals surface area contributed by atoms with Crippen molar-refractivity contribution in [3.63, 3.8) is 0 Å². The highest BCUT2D eigenvalue weighted by atomic mass is 16.5. The molecule has 16 heavy (non-hydrogen) atoms. The van der Waals surface area contributed by atoms with E-state index in [1.807, 2.05) is 24.3 Å². The third-order valence-corrected chi connectivity index (χ3v) is 2.38. The smallest absolute Gasteiger partial charge is 0.338 e. The van der Waals surface area contributed by atoms with Crippen molar-refractivity contribution in [2.75, 3.05) is 19.5 Å². The number of aromatic nitrogens is 1. The molecule has 1 heterocycles. The van der Waals surface area contributed by atoms with Crippen LogP contribution >= 0.6 is 0 Å². The summed E-state index contributed by atoms with van der Waals surface area (Å²) in [6.07, 6.45) is 0. The number of benzene rings is 1. The average Bonchev–Trinajstić information content (AvgIpc) is 2.36. The van der Waals surface area contributed by atoms with Gasteiger partial charge < -0.3 is 10.1 Å². The van der Waals surface area contributed by atoms with E-state index in [1.54, 1.807) is 13.1 Å². The number of rotatable bonds is 2. The molecule has 0 bridgehead atoms. The Morgan fingerprint density at radius 2 is 2.12 bits per heavy atom. The molecule has 1 N–H and O–H groups in total. The number of nitrogens with zero attached hydrogens (tertiary/aromatic N) is 1. The minimum Gasteiger partial charge on any atom is -0.465 e. The van der Waals surface area contributed by atoms with Gasteiger partial charge in [-0.3, -0.25) is 0 Å². The molecule has 0 spiro atoms. The summed E-state index contributed by atoms with van der Waals surface area (Å²) in [6.45, 7) is 0. The third kappa shape index (κ3) is 1.69. The molecule has 0 radical (unpaired) electrons. The zero-order valence-corrected chi connectivity index (χ0v) is 9.15. The van der Waals surface area contributed by atoms with Crippen LogP contribution in [0.2, 0.25) is 0 Å². The number of methoxy groups -OCH3 is 1.